The molecule has 0 fully saturated rings. The number of carbonyl (C=O) groups excluding carboxylic acids is 1. The second-order valence-corrected chi connectivity index (χ2v) is 10.9. The highest BCUT2D eigenvalue weighted by molar-refractivity contribution is 7.99. The van der Waals surface area contributed by atoms with Crippen LogP contribution in [0, 0.1) is 20.8 Å². The fourth-order valence-electron chi connectivity index (χ4n) is 3.94. The first kappa shape index (κ1) is 25.0. The van der Waals surface area contributed by atoms with Crippen molar-refractivity contribution in [1.29, 1.82) is 0 Å². The molecule has 188 valence electrons. The van der Waals surface area contributed by atoms with E-state index in [4.69, 9.17) is 9.72 Å². The summed E-state index contributed by atoms with van der Waals surface area (Å²) in [6, 6.07) is 20.1. The molecule has 9 heteroatoms. The lowest BCUT2D eigenvalue weighted by molar-refractivity contribution is -0.113. The van der Waals surface area contributed by atoms with E-state index >= 15 is 0 Å². The monoisotopic (exact) mass is 529 g/mol. The van der Waals surface area contributed by atoms with Gasteiger partial charge >= 0.3 is 0 Å². The lowest BCUT2D eigenvalue weighted by atomic mass is 10.1. The van der Waals surface area contributed by atoms with E-state index in [9.17, 15) is 4.79 Å². The molecule has 1 N–H and O–H groups in total. The number of fused-ring (bicyclic) bond motifs is 1. The third-order valence-corrected chi connectivity index (χ3v) is 7.87. The lowest BCUT2D eigenvalue weighted by Crippen LogP contribution is -2.14. The van der Waals surface area contributed by atoms with Crippen molar-refractivity contribution in [3.05, 3.63) is 83.2 Å². The highest BCUT2D eigenvalue weighted by Crippen LogP contribution is 2.31. The fraction of sp³-hybridized carbons (Fsp3) is 0.214. The Bertz CT molecular complexity index is 1550. The van der Waals surface area contributed by atoms with Crippen molar-refractivity contribution in [1.82, 2.24) is 19.7 Å². The van der Waals surface area contributed by atoms with Crippen LogP contribution in [-0.4, -0.2) is 31.4 Å². The SMILES string of the molecule is Cc1cc(C)cc(OCc2nnc(SCC(=O)Nc3ccc(-c4nc5ccc(C)cc5s4)cc3)n2C)c1. The molecule has 0 aliphatic rings. The minimum absolute atomic E-state index is 0.107. The van der Waals surface area contributed by atoms with E-state index < -0.39 is 0 Å². The van der Waals surface area contributed by atoms with Crippen LogP contribution in [0.5, 0.6) is 5.75 Å². The molecular formula is C28H27N5O2S2. The quantitative estimate of drug-likeness (QED) is 0.237. The number of thioether (sulfide) groups is 1. The third kappa shape index (κ3) is 6.00. The number of hydrogen-bond donors (Lipinski definition) is 1. The number of nitrogens with zero attached hydrogens (tertiary/aromatic N) is 4. The number of rotatable bonds is 8. The van der Waals surface area contributed by atoms with Crippen molar-refractivity contribution in [2.24, 2.45) is 7.05 Å². The molecule has 2 aromatic heterocycles. The van der Waals surface area contributed by atoms with Crippen LogP contribution in [0.3, 0.4) is 0 Å². The minimum atomic E-state index is -0.107. The van der Waals surface area contributed by atoms with Gasteiger partial charge in [-0.2, -0.15) is 0 Å². The van der Waals surface area contributed by atoms with Crippen LogP contribution in [0.4, 0.5) is 5.69 Å². The predicted molar refractivity (Wildman–Crippen MR) is 150 cm³/mol. The molecule has 0 spiro atoms. The molecule has 0 aliphatic carbocycles. The standard InChI is InChI=1S/C28H27N5O2S2/c1-17-5-10-23-24(14-17)37-27(30-23)20-6-8-21(9-7-20)29-26(34)16-36-28-32-31-25(33(28)4)15-35-22-12-18(2)11-19(3)13-22/h5-14H,15-16H2,1-4H3,(H,29,34). The summed E-state index contributed by atoms with van der Waals surface area (Å²) in [4.78, 5) is 17.3. The Labute approximate surface area is 223 Å². The van der Waals surface area contributed by atoms with Crippen LogP contribution in [-0.2, 0) is 18.4 Å². The summed E-state index contributed by atoms with van der Waals surface area (Å²) in [7, 11) is 1.88. The van der Waals surface area contributed by atoms with Gasteiger partial charge in [0.1, 0.15) is 17.4 Å². The highest BCUT2D eigenvalue weighted by Gasteiger charge is 2.13. The zero-order chi connectivity index (χ0) is 25.9. The van der Waals surface area contributed by atoms with E-state index in [0.29, 0.717) is 17.6 Å². The average Bonchev–Trinajstić information content (AvgIpc) is 3.44. The molecule has 0 atom stereocenters. The lowest BCUT2D eigenvalue weighted by Gasteiger charge is -2.08. The number of carbonyl (C=O) groups is 1. The first-order valence-electron chi connectivity index (χ1n) is 11.8. The number of aryl methyl sites for hydroxylation is 3. The van der Waals surface area contributed by atoms with Crippen LogP contribution in [0.15, 0.2) is 65.8 Å². The van der Waals surface area contributed by atoms with Crippen molar-refractivity contribution in [2.45, 2.75) is 32.5 Å². The van der Waals surface area contributed by atoms with Gasteiger partial charge in [-0.25, -0.2) is 4.98 Å². The van der Waals surface area contributed by atoms with E-state index in [-0.39, 0.29) is 11.7 Å². The zero-order valence-electron chi connectivity index (χ0n) is 21.1. The van der Waals surface area contributed by atoms with Crippen molar-refractivity contribution in [2.75, 3.05) is 11.1 Å². The Morgan fingerprint density at radius 3 is 2.49 bits per heavy atom. The van der Waals surface area contributed by atoms with Gasteiger partial charge in [0, 0.05) is 18.3 Å². The van der Waals surface area contributed by atoms with Crippen molar-refractivity contribution < 1.29 is 9.53 Å². The summed E-state index contributed by atoms with van der Waals surface area (Å²) in [6.45, 7) is 6.47. The van der Waals surface area contributed by atoms with E-state index in [1.54, 1.807) is 11.3 Å². The van der Waals surface area contributed by atoms with Crippen LogP contribution in [0.1, 0.15) is 22.5 Å². The molecule has 37 heavy (non-hydrogen) atoms. The van der Waals surface area contributed by atoms with E-state index in [1.807, 2.05) is 61.9 Å². The number of ether oxygens (including phenoxy) is 1. The number of anilines is 1. The second kappa shape index (κ2) is 10.7. The van der Waals surface area contributed by atoms with Crippen molar-refractivity contribution >= 4 is 44.9 Å². The van der Waals surface area contributed by atoms with Gasteiger partial charge in [-0.15, -0.1) is 21.5 Å². The molecule has 5 rings (SSSR count). The molecule has 0 bridgehead atoms. The minimum Gasteiger partial charge on any atom is -0.486 e. The number of amides is 1. The molecular weight excluding hydrogens is 502 g/mol. The number of benzene rings is 3. The average molecular weight is 530 g/mol. The van der Waals surface area contributed by atoms with Crippen molar-refractivity contribution in [3.8, 4) is 16.3 Å². The summed E-state index contributed by atoms with van der Waals surface area (Å²) in [5.74, 6) is 1.62. The number of nitrogens with one attached hydrogen (secondary N) is 1. The molecule has 3 aromatic carbocycles. The Hall–Kier alpha value is -3.69. The Balaban J connectivity index is 1.15. The first-order chi connectivity index (χ1) is 17.8. The van der Waals surface area contributed by atoms with Crippen LogP contribution < -0.4 is 10.1 Å². The molecule has 0 saturated heterocycles. The van der Waals surface area contributed by atoms with Gasteiger partial charge in [-0.05, 0) is 86.0 Å². The van der Waals surface area contributed by atoms with E-state index in [1.165, 1.54) is 22.0 Å². The van der Waals surface area contributed by atoms with Gasteiger partial charge in [0.2, 0.25) is 5.91 Å². The highest BCUT2D eigenvalue weighted by atomic mass is 32.2. The van der Waals surface area contributed by atoms with Gasteiger partial charge in [0.15, 0.2) is 11.0 Å². The normalized spacial score (nSPS) is 11.1. The van der Waals surface area contributed by atoms with Gasteiger partial charge < -0.3 is 14.6 Å². The smallest absolute Gasteiger partial charge is 0.234 e. The molecule has 1 amide bonds. The largest absolute Gasteiger partial charge is 0.486 e. The second-order valence-electron chi connectivity index (χ2n) is 8.97. The summed E-state index contributed by atoms with van der Waals surface area (Å²) < 4.78 is 8.93. The molecule has 5 aromatic rings. The fourth-order valence-corrected chi connectivity index (χ4v) is 5.74. The Kier molecular flexibility index (Phi) is 7.25. The molecule has 7 nitrogen and oxygen atoms in total. The molecule has 0 unspecified atom stereocenters. The molecule has 2 heterocycles. The van der Waals surface area contributed by atoms with Gasteiger partial charge in [0.25, 0.3) is 0 Å². The Morgan fingerprint density at radius 1 is 0.973 bits per heavy atom. The van der Waals surface area contributed by atoms with Crippen LogP contribution >= 0.6 is 23.1 Å². The molecule has 0 aliphatic heterocycles. The van der Waals surface area contributed by atoms with Gasteiger partial charge in [-0.1, -0.05) is 23.9 Å². The maximum Gasteiger partial charge on any atom is 0.234 e. The topological polar surface area (TPSA) is 81.9 Å². The zero-order valence-corrected chi connectivity index (χ0v) is 22.7. The van der Waals surface area contributed by atoms with Gasteiger partial charge in [0.05, 0.1) is 16.0 Å². The van der Waals surface area contributed by atoms with Crippen LogP contribution in [0.2, 0.25) is 0 Å². The van der Waals surface area contributed by atoms with E-state index in [2.05, 4.69) is 46.7 Å². The van der Waals surface area contributed by atoms with E-state index in [0.717, 1.165) is 38.7 Å². The van der Waals surface area contributed by atoms with Crippen molar-refractivity contribution in [3.63, 3.8) is 0 Å². The number of thiazole rings is 1. The predicted octanol–water partition coefficient (Wildman–Crippen LogP) is 6.33. The van der Waals surface area contributed by atoms with Crippen LogP contribution in [0.25, 0.3) is 20.8 Å². The molecule has 0 radical (unpaired) electrons. The van der Waals surface area contributed by atoms with Gasteiger partial charge in [-0.3, -0.25) is 4.79 Å². The maximum absolute atomic E-state index is 12.6. The third-order valence-electron chi connectivity index (χ3n) is 5.78. The summed E-state index contributed by atoms with van der Waals surface area (Å²) in [5, 5.41) is 13.0. The maximum atomic E-state index is 12.6. The summed E-state index contributed by atoms with van der Waals surface area (Å²) >= 11 is 3.01. The molecule has 0 saturated carbocycles. The number of aromatic nitrogens is 4. The Morgan fingerprint density at radius 2 is 1.73 bits per heavy atom. The first-order valence-corrected chi connectivity index (χ1v) is 13.6. The number of hydrogen-bond acceptors (Lipinski definition) is 7. The summed E-state index contributed by atoms with van der Waals surface area (Å²) in [5.41, 5.74) is 6.30. The summed E-state index contributed by atoms with van der Waals surface area (Å²) in [6.07, 6.45) is 0.